The van der Waals surface area contributed by atoms with E-state index in [0.29, 0.717) is 0 Å². The Morgan fingerprint density at radius 2 is 0.750 bits per heavy atom. The van der Waals surface area contributed by atoms with E-state index in [1.54, 1.807) is 11.1 Å². The first-order valence-electron chi connectivity index (χ1n) is 7.87. The zero-order chi connectivity index (χ0) is 15.2. The van der Waals surface area contributed by atoms with Crippen molar-refractivity contribution in [2.75, 3.05) is 0 Å². The molecule has 2 aromatic rings. The number of rotatable bonds is 2. The SMILES string of the molecule is CCc1c(C)c(C)c2c(C)c(C)c(CC)c(C)c2c1C. The fourth-order valence-corrected chi connectivity index (χ4v) is 4.07. The highest BCUT2D eigenvalue weighted by Gasteiger charge is 2.18. The second-order valence-electron chi connectivity index (χ2n) is 6.16. The molecule has 0 N–H and O–H groups in total. The lowest BCUT2D eigenvalue weighted by Crippen LogP contribution is -2.04. The molecular formula is C20H28. The minimum absolute atomic E-state index is 1.13. The van der Waals surface area contributed by atoms with Gasteiger partial charge in [0.2, 0.25) is 0 Å². The van der Waals surface area contributed by atoms with Crippen molar-refractivity contribution in [1.29, 1.82) is 0 Å². The molecule has 0 amide bonds. The maximum absolute atomic E-state index is 2.31. The molecule has 0 aliphatic heterocycles. The summed E-state index contributed by atoms with van der Waals surface area (Å²) < 4.78 is 0. The molecule has 0 heteroatoms. The smallest absolute Gasteiger partial charge is 0.0114 e. The molecule has 0 saturated carbocycles. The van der Waals surface area contributed by atoms with Crippen LogP contribution < -0.4 is 0 Å². The van der Waals surface area contributed by atoms with Crippen LogP contribution in [0.15, 0.2) is 0 Å². The molecule has 2 rings (SSSR count). The molecule has 0 aromatic heterocycles. The van der Waals surface area contributed by atoms with Crippen LogP contribution >= 0.6 is 0 Å². The van der Waals surface area contributed by atoms with Crippen LogP contribution in [0.3, 0.4) is 0 Å². The molecule has 0 nitrogen and oxygen atoms in total. The largest absolute Gasteiger partial charge is 0.0613 e. The van der Waals surface area contributed by atoms with Gasteiger partial charge in [0.25, 0.3) is 0 Å². The Labute approximate surface area is 124 Å². The quantitative estimate of drug-likeness (QED) is 0.644. The minimum atomic E-state index is 1.13. The van der Waals surface area contributed by atoms with Crippen molar-refractivity contribution in [2.24, 2.45) is 0 Å². The highest BCUT2D eigenvalue weighted by molar-refractivity contribution is 5.97. The monoisotopic (exact) mass is 268 g/mol. The lowest BCUT2D eigenvalue weighted by atomic mass is 9.82. The second kappa shape index (κ2) is 5.24. The summed E-state index contributed by atoms with van der Waals surface area (Å²) >= 11 is 0. The second-order valence-corrected chi connectivity index (χ2v) is 6.16. The van der Waals surface area contributed by atoms with Crippen molar-refractivity contribution in [1.82, 2.24) is 0 Å². The fourth-order valence-electron chi connectivity index (χ4n) is 4.07. The maximum Gasteiger partial charge on any atom is -0.0114 e. The van der Waals surface area contributed by atoms with E-state index < -0.39 is 0 Å². The first-order chi connectivity index (χ1) is 9.36. The molecule has 0 aliphatic rings. The van der Waals surface area contributed by atoms with Crippen molar-refractivity contribution in [3.63, 3.8) is 0 Å². The van der Waals surface area contributed by atoms with Gasteiger partial charge >= 0.3 is 0 Å². The molecule has 0 radical (unpaired) electrons. The molecule has 0 heterocycles. The summed E-state index contributed by atoms with van der Waals surface area (Å²) in [7, 11) is 0. The molecule has 0 aliphatic carbocycles. The van der Waals surface area contributed by atoms with Crippen LogP contribution in [0.5, 0.6) is 0 Å². The number of benzene rings is 2. The zero-order valence-corrected chi connectivity index (χ0v) is 14.4. The highest BCUT2D eigenvalue weighted by atomic mass is 14.2. The Bertz CT molecular complexity index is 631. The van der Waals surface area contributed by atoms with E-state index in [9.17, 15) is 0 Å². The fraction of sp³-hybridized carbons (Fsp3) is 0.500. The summed E-state index contributed by atoms with van der Waals surface area (Å²) in [5.41, 5.74) is 12.0. The normalized spacial score (nSPS) is 11.4. The third-order valence-electron chi connectivity index (χ3n) is 5.39. The van der Waals surface area contributed by atoms with Crippen LogP contribution in [0.4, 0.5) is 0 Å². The molecule has 0 fully saturated rings. The number of hydrogen-bond donors (Lipinski definition) is 0. The summed E-state index contributed by atoms with van der Waals surface area (Å²) in [6.07, 6.45) is 2.25. The van der Waals surface area contributed by atoms with Crippen molar-refractivity contribution >= 4 is 10.8 Å². The van der Waals surface area contributed by atoms with Gasteiger partial charge in [0.05, 0.1) is 0 Å². The van der Waals surface area contributed by atoms with Crippen LogP contribution in [0.2, 0.25) is 0 Å². The summed E-state index contributed by atoms with van der Waals surface area (Å²) in [4.78, 5) is 0. The molecule has 0 spiro atoms. The highest BCUT2D eigenvalue weighted by Crippen LogP contribution is 2.37. The van der Waals surface area contributed by atoms with Gasteiger partial charge in [-0.25, -0.2) is 0 Å². The molecule has 0 saturated heterocycles. The topological polar surface area (TPSA) is 0 Å². The standard InChI is InChI=1S/C20H28/c1-9-17-11(3)13(5)19-14(6)12(4)18(10-2)16(8)20(19)15(17)7/h9-10H2,1-8H3. The predicted molar refractivity (Wildman–Crippen MR) is 91.1 cm³/mol. The summed E-state index contributed by atoms with van der Waals surface area (Å²) in [5.74, 6) is 0. The number of aryl methyl sites for hydroxylation is 4. The van der Waals surface area contributed by atoms with Crippen molar-refractivity contribution in [3.8, 4) is 0 Å². The van der Waals surface area contributed by atoms with Crippen LogP contribution in [0, 0.1) is 41.5 Å². The maximum atomic E-state index is 2.31. The number of hydrogen-bond acceptors (Lipinski definition) is 0. The van der Waals surface area contributed by atoms with Gasteiger partial charge in [-0.1, -0.05) is 13.8 Å². The first-order valence-corrected chi connectivity index (χ1v) is 7.87. The lowest BCUT2D eigenvalue weighted by Gasteiger charge is -2.23. The predicted octanol–water partition coefficient (Wildman–Crippen LogP) is 5.82. The average Bonchev–Trinajstić information content (AvgIpc) is 2.41. The Hall–Kier alpha value is -1.30. The third kappa shape index (κ3) is 1.89. The zero-order valence-electron chi connectivity index (χ0n) is 14.4. The van der Waals surface area contributed by atoms with Crippen LogP contribution in [-0.4, -0.2) is 0 Å². The summed E-state index contributed by atoms with van der Waals surface area (Å²) in [6, 6.07) is 0. The Morgan fingerprint density at radius 1 is 0.450 bits per heavy atom. The summed E-state index contributed by atoms with van der Waals surface area (Å²) in [5, 5.41) is 3.02. The van der Waals surface area contributed by atoms with E-state index in [2.05, 4.69) is 55.4 Å². The third-order valence-corrected chi connectivity index (χ3v) is 5.39. The Kier molecular flexibility index (Phi) is 3.95. The first kappa shape index (κ1) is 15.1. The van der Waals surface area contributed by atoms with Gasteiger partial charge in [0, 0.05) is 0 Å². The van der Waals surface area contributed by atoms with E-state index in [0.717, 1.165) is 12.8 Å². The van der Waals surface area contributed by atoms with Crippen LogP contribution in [0.1, 0.15) is 58.4 Å². The molecule has 2 aromatic carbocycles. The van der Waals surface area contributed by atoms with E-state index in [-0.39, 0.29) is 0 Å². The van der Waals surface area contributed by atoms with E-state index in [1.165, 1.54) is 44.2 Å². The molecule has 0 bridgehead atoms. The van der Waals surface area contributed by atoms with Gasteiger partial charge in [0.15, 0.2) is 0 Å². The van der Waals surface area contributed by atoms with Gasteiger partial charge < -0.3 is 0 Å². The summed E-state index contributed by atoms with van der Waals surface area (Å²) in [6.45, 7) is 18.4. The van der Waals surface area contributed by atoms with Crippen molar-refractivity contribution < 1.29 is 0 Å². The Balaban J connectivity index is 3.15. The van der Waals surface area contributed by atoms with E-state index in [4.69, 9.17) is 0 Å². The van der Waals surface area contributed by atoms with Crippen LogP contribution in [0.25, 0.3) is 10.8 Å². The van der Waals surface area contributed by atoms with Crippen LogP contribution in [-0.2, 0) is 12.8 Å². The number of fused-ring (bicyclic) bond motifs is 1. The van der Waals surface area contributed by atoms with Crippen molar-refractivity contribution in [3.05, 3.63) is 44.5 Å². The van der Waals surface area contributed by atoms with E-state index >= 15 is 0 Å². The van der Waals surface area contributed by atoms with E-state index in [1.807, 2.05) is 0 Å². The molecule has 20 heavy (non-hydrogen) atoms. The molecular weight excluding hydrogens is 240 g/mol. The van der Waals surface area contributed by atoms with Gasteiger partial charge in [-0.2, -0.15) is 0 Å². The molecule has 0 unspecified atom stereocenters. The van der Waals surface area contributed by atoms with Gasteiger partial charge in [-0.15, -0.1) is 0 Å². The van der Waals surface area contributed by atoms with Gasteiger partial charge in [-0.05, 0) is 110 Å². The minimum Gasteiger partial charge on any atom is -0.0613 e. The molecule has 0 atom stereocenters. The Morgan fingerprint density at radius 3 is 1.05 bits per heavy atom. The lowest BCUT2D eigenvalue weighted by molar-refractivity contribution is 1.06. The van der Waals surface area contributed by atoms with Gasteiger partial charge in [-0.3, -0.25) is 0 Å². The van der Waals surface area contributed by atoms with Crippen molar-refractivity contribution in [2.45, 2.75) is 68.2 Å². The average molecular weight is 268 g/mol. The van der Waals surface area contributed by atoms with Gasteiger partial charge in [0.1, 0.15) is 0 Å². The molecule has 108 valence electrons.